The van der Waals surface area contributed by atoms with Gasteiger partial charge in [-0.05, 0) is 49.4 Å². The second-order valence-electron chi connectivity index (χ2n) is 6.67. The molecular formula is C21H22N4O3S. The van der Waals surface area contributed by atoms with Crippen molar-refractivity contribution in [3.8, 4) is 17.1 Å². The molecule has 1 N–H and O–H groups in total. The second kappa shape index (κ2) is 8.57. The van der Waals surface area contributed by atoms with E-state index < -0.39 is 0 Å². The van der Waals surface area contributed by atoms with Crippen LogP contribution in [0.1, 0.15) is 24.8 Å². The number of ether oxygens (including phenoxy) is 1. The van der Waals surface area contributed by atoms with Crippen LogP contribution in [0.3, 0.4) is 0 Å². The number of amides is 2. The highest BCUT2D eigenvalue weighted by atomic mass is 32.2. The average Bonchev–Trinajstić information content (AvgIpc) is 3.43. The Labute approximate surface area is 173 Å². The van der Waals surface area contributed by atoms with Crippen LogP contribution in [0.5, 0.6) is 5.75 Å². The van der Waals surface area contributed by atoms with Crippen molar-refractivity contribution in [2.45, 2.75) is 23.8 Å². The molecule has 1 fully saturated rings. The molecule has 150 valence electrons. The number of aromatic nitrogens is 2. The zero-order valence-electron chi connectivity index (χ0n) is 16.3. The molecule has 1 saturated heterocycles. The van der Waals surface area contributed by atoms with Gasteiger partial charge in [0.05, 0.1) is 12.7 Å². The minimum Gasteiger partial charge on any atom is -0.496 e. The van der Waals surface area contributed by atoms with Gasteiger partial charge in [-0.2, -0.15) is 4.98 Å². The molecule has 4 rings (SSSR count). The number of carbonyl (C=O) groups excluding carboxylic acids is 1. The number of likely N-dealkylation sites (tertiary alicyclic amines) is 1. The summed E-state index contributed by atoms with van der Waals surface area (Å²) < 4.78 is 10.9. The van der Waals surface area contributed by atoms with Crippen LogP contribution in [0.2, 0.25) is 0 Å². The number of methoxy groups -OCH3 is 1. The lowest BCUT2D eigenvalue weighted by Gasteiger charge is -2.22. The Bertz CT molecular complexity index is 1010. The number of hydrogen-bond acceptors (Lipinski definition) is 6. The lowest BCUT2D eigenvalue weighted by molar-refractivity contribution is 0.193. The number of hydrogen-bond donors (Lipinski definition) is 1. The molecule has 1 atom stereocenters. The van der Waals surface area contributed by atoms with Gasteiger partial charge in [0, 0.05) is 17.1 Å². The molecule has 8 heteroatoms. The van der Waals surface area contributed by atoms with E-state index in [9.17, 15) is 4.79 Å². The highest BCUT2D eigenvalue weighted by molar-refractivity contribution is 7.98. The summed E-state index contributed by atoms with van der Waals surface area (Å²) in [6, 6.07) is 14.9. The molecule has 2 aromatic carbocycles. The lowest BCUT2D eigenvalue weighted by Crippen LogP contribution is -2.34. The second-order valence-corrected chi connectivity index (χ2v) is 7.55. The fourth-order valence-corrected chi connectivity index (χ4v) is 3.93. The maximum absolute atomic E-state index is 12.9. The molecule has 0 aliphatic carbocycles. The Morgan fingerprint density at radius 2 is 2.14 bits per heavy atom. The van der Waals surface area contributed by atoms with Crippen LogP contribution in [0.4, 0.5) is 10.5 Å². The summed E-state index contributed by atoms with van der Waals surface area (Å²) in [6.45, 7) is 0.644. The standard InChI is InChI=1S/C21H22N4O3S/c1-27-18-11-4-3-9-16(18)19-23-20(28-24-19)17-10-6-12-25(17)21(26)22-14-7-5-8-15(13-14)29-2/h3-5,7-9,11,13,17H,6,10,12H2,1-2H3,(H,22,26)/t17-/m0/s1. The van der Waals surface area contributed by atoms with Crippen molar-refractivity contribution in [1.82, 2.24) is 15.0 Å². The molecule has 2 heterocycles. The molecule has 1 aliphatic rings. The number of rotatable bonds is 5. The number of benzene rings is 2. The molecule has 0 bridgehead atoms. The first-order chi connectivity index (χ1) is 14.2. The van der Waals surface area contributed by atoms with Gasteiger partial charge in [-0.3, -0.25) is 0 Å². The maximum Gasteiger partial charge on any atom is 0.322 e. The summed E-state index contributed by atoms with van der Waals surface area (Å²) in [6.07, 6.45) is 3.67. The van der Waals surface area contributed by atoms with Crippen LogP contribution >= 0.6 is 11.8 Å². The van der Waals surface area contributed by atoms with Crippen molar-refractivity contribution < 1.29 is 14.1 Å². The number of anilines is 1. The van der Waals surface area contributed by atoms with Crippen LogP contribution < -0.4 is 10.1 Å². The summed E-state index contributed by atoms with van der Waals surface area (Å²) in [5, 5.41) is 7.09. The van der Waals surface area contributed by atoms with E-state index in [0.717, 1.165) is 29.0 Å². The van der Waals surface area contributed by atoms with Crippen LogP contribution in [0, 0.1) is 0 Å². The Balaban J connectivity index is 1.53. The molecule has 3 aromatic rings. The monoisotopic (exact) mass is 410 g/mol. The maximum atomic E-state index is 12.9. The quantitative estimate of drug-likeness (QED) is 0.607. The van der Waals surface area contributed by atoms with Gasteiger partial charge in [0.1, 0.15) is 11.8 Å². The zero-order valence-corrected chi connectivity index (χ0v) is 17.1. The highest BCUT2D eigenvalue weighted by Gasteiger charge is 2.34. The zero-order chi connectivity index (χ0) is 20.2. The van der Waals surface area contributed by atoms with Gasteiger partial charge >= 0.3 is 6.03 Å². The van der Waals surface area contributed by atoms with Gasteiger partial charge in [-0.1, -0.05) is 23.4 Å². The molecule has 1 aliphatic heterocycles. The summed E-state index contributed by atoms with van der Waals surface area (Å²) in [5.41, 5.74) is 1.53. The fourth-order valence-electron chi connectivity index (χ4n) is 3.47. The van der Waals surface area contributed by atoms with E-state index in [-0.39, 0.29) is 12.1 Å². The predicted molar refractivity (Wildman–Crippen MR) is 112 cm³/mol. The summed E-state index contributed by atoms with van der Waals surface area (Å²) in [5.74, 6) is 1.57. The van der Waals surface area contributed by atoms with Gasteiger partial charge in [0.25, 0.3) is 0 Å². The van der Waals surface area contributed by atoms with Crippen molar-refractivity contribution in [2.24, 2.45) is 0 Å². The fraction of sp³-hybridized carbons (Fsp3) is 0.286. The topological polar surface area (TPSA) is 80.5 Å². The van der Waals surface area contributed by atoms with Crippen molar-refractivity contribution in [2.75, 3.05) is 25.2 Å². The van der Waals surface area contributed by atoms with Crippen molar-refractivity contribution in [3.63, 3.8) is 0 Å². The van der Waals surface area contributed by atoms with Gasteiger partial charge in [-0.15, -0.1) is 11.8 Å². The number of para-hydroxylation sites is 1. The molecule has 0 radical (unpaired) electrons. The van der Waals surface area contributed by atoms with E-state index in [1.54, 1.807) is 23.8 Å². The van der Waals surface area contributed by atoms with Gasteiger partial charge in [0.15, 0.2) is 0 Å². The molecule has 29 heavy (non-hydrogen) atoms. The molecule has 0 saturated carbocycles. The van der Waals surface area contributed by atoms with Crippen molar-refractivity contribution in [1.29, 1.82) is 0 Å². The first kappa shape index (κ1) is 19.3. The number of urea groups is 1. The van der Waals surface area contributed by atoms with Crippen molar-refractivity contribution in [3.05, 3.63) is 54.4 Å². The molecule has 2 amide bonds. The third-order valence-corrected chi connectivity index (χ3v) is 5.63. The van der Waals surface area contributed by atoms with E-state index in [2.05, 4.69) is 15.5 Å². The van der Waals surface area contributed by atoms with E-state index in [0.29, 0.717) is 24.0 Å². The summed E-state index contributed by atoms with van der Waals surface area (Å²) in [4.78, 5) is 20.3. The third kappa shape index (κ3) is 4.07. The Hall–Kier alpha value is -3.00. The minimum absolute atomic E-state index is 0.164. The van der Waals surface area contributed by atoms with Crippen LogP contribution in [-0.2, 0) is 0 Å². The molecule has 0 spiro atoms. The molecule has 7 nitrogen and oxygen atoms in total. The predicted octanol–water partition coefficient (Wildman–Crippen LogP) is 4.84. The van der Waals surface area contributed by atoms with Crippen LogP contribution in [0.15, 0.2) is 57.9 Å². The van der Waals surface area contributed by atoms with Crippen LogP contribution in [-0.4, -0.2) is 41.0 Å². The Morgan fingerprint density at radius 3 is 2.97 bits per heavy atom. The normalized spacial score (nSPS) is 16.1. The van der Waals surface area contributed by atoms with Gasteiger partial charge in [-0.25, -0.2) is 4.79 Å². The van der Waals surface area contributed by atoms with E-state index in [4.69, 9.17) is 9.26 Å². The highest BCUT2D eigenvalue weighted by Crippen LogP contribution is 2.34. The summed E-state index contributed by atoms with van der Waals surface area (Å²) >= 11 is 1.63. The summed E-state index contributed by atoms with van der Waals surface area (Å²) in [7, 11) is 1.61. The molecule has 0 unspecified atom stereocenters. The average molecular weight is 410 g/mol. The largest absolute Gasteiger partial charge is 0.496 e. The number of nitrogens with zero attached hydrogens (tertiary/aromatic N) is 3. The van der Waals surface area contributed by atoms with Gasteiger partial charge < -0.3 is 19.5 Å². The van der Waals surface area contributed by atoms with E-state index in [1.165, 1.54) is 0 Å². The van der Waals surface area contributed by atoms with Crippen LogP contribution in [0.25, 0.3) is 11.4 Å². The molecular weight excluding hydrogens is 388 g/mol. The SMILES string of the molecule is COc1ccccc1-c1noc([C@@H]2CCCN2C(=O)Nc2cccc(SC)c2)n1. The van der Waals surface area contributed by atoms with E-state index in [1.807, 2.05) is 54.8 Å². The smallest absolute Gasteiger partial charge is 0.322 e. The Morgan fingerprint density at radius 1 is 1.28 bits per heavy atom. The lowest BCUT2D eigenvalue weighted by atomic mass is 10.2. The van der Waals surface area contributed by atoms with Crippen molar-refractivity contribution >= 4 is 23.5 Å². The molecule has 1 aromatic heterocycles. The van der Waals surface area contributed by atoms with Gasteiger partial charge in [0.2, 0.25) is 11.7 Å². The first-order valence-electron chi connectivity index (χ1n) is 9.38. The number of thioether (sulfide) groups is 1. The number of nitrogens with one attached hydrogen (secondary N) is 1. The Kier molecular flexibility index (Phi) is 5.71. The van der Waals surface area contributed by atoms with E-state index >= 15 is 0 Å². The minimum atomic E-state index is -0.241. The third-order valence-electron chi connectivity index (χ3n) is 4.91. The number of carbonyl (C=O) groups is 1. The first-order valence-corrected chi connectivity index (χ1v) is 10.6.